The molecule has 0 fully saturated rings. The van der Waals surface area contributed by atoms with E-state index in [1.54, 1.807) is 0 Å². The number of aliphatic hydroxyl groups excluding tert-OH is 2. The fourth-order valence-corrected chi connectivity index (χ4v) is 2.17. The second kappa shape index (κ2) is 6.73. The van der Waals surface area contributed by atoms with E-state index in [0.29, 0.717) is 13.0 Å². The van der Waals surface area contributed by atoms with Crippen LogP contribution in [0.2, 0.25) is 0 Å². The van der Waals surface area contributed by atoms with Crippen LogP contribution in [0.4, 0.5) is 0 Å². The molecule has 102 valence electrons. The van der Waals surface area contributed by atoms with Crippen molar-refractivity contribution in [3.05, 3.63) is 28.8 Å². The monoisotopic (exact) mass is 253 g/mol. The molecule has 1 aromatic carbocycles. The average molecular weight is 253 g/mol. The molecule has 0 aliphatic rings. The molecular formula is C14H23NO3. The van der Waals surface area contributed by atoms with Crippen LogP contribution >= 0.6 is 0 Å². The zero-order valence-electron chi connectivity index (χ0n) is 11.3. The van der Waals surface area contributed by atoms with E-state index in [0.717, 1.165) is 22.4 Å². The van der Waals surface area contributed by atoms with Gasteiger partial charge in [0.05, 0.1) is 12.7 Å². The maximum absolute atomic E-state index is 10.2. The lowest BCUT2D eigenvalue weighted by Crippen LogP contribution is -2.30. The number of benzene rings is 1. The van der Waals surface area contributed by atoms with Crippen LogP contribution in [-0.2, 0) is 0 Å². The molecule has 0 aliphatic heterocycles. The minimum Gasteiger partial charge on any atom is -0.494 e. The molecule has 0 aliphatic carbocycles. The van der Waals surface area contributed by atoms with Crippen LogP contribution in [0.15, 0.2) is 12.1 Å². The Morgan fingerprint density at radius 3 is 2.28 bits per heavy atom. The molecule has 0 saturated carbocycles. The van der Waals surface area contributed by atoms with Crippen molar-refractivity contribution in [3.63, 3.8) is 0 Å². The molecule has 4 nitrogen and oxygen atoms in total. The molecule has 0 heterocycles. The maximum atomic E-state index is 10.2. The Hall–Kier alpha value is -1.10. The minimum absolute atomic E-state index is 0.0205. The molecule has 2 unspecified atom stereocenters. The van der Waals surface area contributed by atoms with Gasteiger partial charge >= 0.3 is 0 Å². The lowest BCUT2D eigenvalue weighted by molar-refractivity contribution is 0.128. The summed E-state index contributed by atoms with van der Waals surface area (Å²) in [6.45, 7) is 6.39. The maximum Gasteiger partial charge on any atom is 0.119 e. The molecule has 0 amide bonds. The van der Waals surface area contributed by atoms with Gasteiger partial charge in [0, 0.05) is 12.6 Å². The fraction of sp³-hybridized carbons (Fsp3) is 0.571. The highest BCUT2D eigenvalue weighted by Gasteiger charge is 2.20. The number of aliphatic hydroxyl groups is 2. The van der Waals surface area contributed by atoms with E-state index in [1.807, 2.05) is 32.9 Å². The van der Waals surface area contributed by atoms with Gasteiger partial charge < -0.3 is 20.7 Å². The molecule has 0 spiro atoms. The third-order valence-corrected chi connectivity index (χ3v) is 3.04. The van der Waals surface area contributed by atoms with E-state index >= 15 is 0 Å². The highest BCUT2D eigenvalue weighted by molar-refractivity contribution is 5.42. The first-order chi connectivity index (χ1) is 8.51. The van der Waals surface area contributed by atoms with Gasteiger partial charge in [-0.3, -0.25) is 0 Å². The Bertz CT molecular complexity index is 370. The van der Waals surface area contributed by atoms with Crippen LogP contribution in [0, 0.1) is 13.8 Å². The average Bonchev–Trinajstić information content (AvgIpc) is 2.28. The summed E-state index contributed by atoms with van der Waals surface area (Å²) in [6, 6.07) is 3.35. The van der Waals surface area contributed by atoms with Crippen LogP contribution in [0.25, 0.3) is 0 Å². The first-order valence-corrected chi connectivity index (χ1v) is 6.29. The summed E-state index contributed by atoms with van der Waals surface area (Å²) in [5.41, 5.74) is 8.60. The van der Waals surface area contributed by atoms with Crippen molar-refractivity contribution < 1.29 is 14.9 Å². The number of hydrogen-bond donors (Lipinski definition) is 3. The highest BCUT2D eigenvalue weighted by atomic mass is 16.5. The molecule has 0 radical (unpaired) electrons. The number of hydrogen-bond acceptors (Lipinski definition) is 4. The van der Waals surface area contributed by atoms with Gasteiger partial charge in [-0.2, -0.15) is 0 Å². The quantitative estimate of drug-likeness (QED) is 0.717. The Morgan fingerprint density at radius 2 is 1.83 bits per heavy atom. The van der Waals surface area contributed by atoms with Gasteiger partial charge in [0.2, 0.25) is 0 Å². The van der Waals surface area contributed by atoms with Crippen molar-refractivity contribution in [3.8, 4) is 5.75 Å². The van der Waals surface area contributed by atoms with E-state index in [4.69, 9.17) is 15.6 Å². The first-order valence-electron chi connectivity index (χ1n) is 6.29. The third kappa shape index (κ3) is 3.45. The number of nitrogens with two attached hydrogens (primary N) is 1. The predicted octanol–water partition coefficient (Wildman–Crippen LogP) is 1.45. The summed E-state index contributed by atoms with van der Waals surface area (Å²) in [6.07, 6.45) is -0.374. The highest BCUT2D eigenvalue weighted by Crippen LogP contribution is 2.29. The molecule has 0 saturated heterocycles. The van der Waals surface area contributed by atoms with Crippen LogP contribution in [0.1, 0.15) is 36.1 Å². The summed E-state index contributed by atoms with van der Waals surface area (Å²) in [4.78, 5) is 0. The number of ether oxygens (including phenoxy) is 1. The van der Waals surface area contributed by atoms with E-state index in [2.05, 4.69) is 0 Å². The number of aryl methyl sites for hydroxylation is 2. The van der Waals surface area contributed by atoms with E-state index in [9.17, 15) is 5.11 Å². The van der Waals surface area contributed by atoms with E-state index in [-0.39, 0.29) is 6.61 Å². The van der Waals surface area contributed by atoms with Gasteiger partial charge in [-0.25, -0.2) is 0 Å². The van der Waals surface area contributed by atoms with Crippen molar-refractivity contribution >= 4 is 0 Å². The zero-order valence-corrected chi connectivity index (χ0v) is 11.3. The van der Waals surface area contributed by atoms with Crippen molar-refractivity contribution in [2.75, 3.05) is 13.2 Å². The topological polar surface area (TPSA) is 75.7 Å². The Labute approximate surface area is 108 Å². The van der Waals surface area contributed by atoms with Crippen LogP contribution < -0.4 is 10.5 Å². The summed E-state index contributed by atoms with van der Waals surface area (Å²) in [5.74, 6) is 0.805. The molecule has 0 aromatic heterocycles. The Balaban J connectivity index is 3.02. The molecule has 18 heavy (non-hydrogen) atoms. The number of rotatable bonds is 6. The van der Waals surface area contributed by atoms with Crippen LogP contribution in [0.3, 0.4) is 0 Å². The fourth-order valence-electron chi connectivity index (χ4n) is 2.17. The summed E-state index contributed by atoms with van der Waals surface area (Å²) in [5, 5.41) is 19.1. The molecule has 4 heteroatoms. The van der Waals surface area contributed by atoms with Gasteiger partial charge in [0.1, 0.15) is 5.75 Å². The molecule has 0 bridgehead atoms. The van der Waals surface area contributed by atoms with Gasteiger partial charge in [0.25, 0.3) is 0 Å². The Kier molecular flexibility index (Phi) is 5.59. The van der Waals surface area contributed by atoms with Gasteiger partial charge in [-0.1, -0.05) is 0 Å². The van der Waals surface area contributed by atoms with Crippen LogP contribution in [0.5, 0.6) is 5.75 Å². The van der Waals surface area contributed by atoms with Gasteiger partial charge in [-0.15, -0.1) is 0 Å². The smallest absolute Gasteiger partial charge is 0.119 e. The largest absolute Gasteiger partial charge is 0.494 e. The van der Waals surface area contributed by atoms with Gasteiger partial charge in [0.15, 0.2) is 0 Å². The summed E-state index contributed by atoms with van der Waals surface area (Å²) in [7, 11) is 0. The third-order valence-electron chi connectivity index (χ3n) is 3.04. The molecule has 1 aromatic rings. The summed E-state index contributed by atoms with van der Waals surface area (Å²) >= 11 is 0. The SMILES string of the molecule is CCOc1cc(C)c(C(O)C(N)CCO)c(C)c1. The molecule has 2 atom stereocenters. The van der Waals surface area contributed by atoms with Crippen molar-refractivity contribution in [2.45, 2.75) is 39.3 Å². The first kappa shape index (κ1) is 15.0. The van der Waals surface area contributed by atoms with Crippen LogP contribution in [-0.4, -0.2) is 29.5 Å². The normalized spacial score (nSPS) is 14.3. The van der Waals surface area contributed by atoms with E-state index in [1.165, 1.54) is 0 Å². The Morgan fingerprint density at radius 1 is 1.28 bits per heavy atom. The zero-order chi connectivity index (χ0) is 13.7. The second-order valence-electron chi connectivity index (χ2n) is 4.52. The molecule has 4 N–H and O–H groups in total. The van der Waals surface area contributed by atoms with Crippen molar-refractivity contribution in [1.29, 1.82) is 0 Å². The minimum atomic E-state index is -0.757. The van der Waals surface area contributed by atoms with Gasteiger partial charge in [-0.05, 0) is 56.0 Å². The standard InChI is InChI=1S/C14H23NO3/c1-4-18-11-7-9(2)13(10(3)8-11)14(17)12(15)5-6-16/h7-8,12,14,16-17H,4-6,15H2,1-3H3. The lowest BCUT2D eigenvalue weighted by Gasteiger charge is -2.22. The lowest BCUT2D eigenvalue weighted by atomic mass is 9.92. The van der Waals surface area contributed by atoms with E-state index < -0.39 is 12.1 Å². The summed E-state index contributed by atoms with van der Waals surface area (Å²) < 4.78 is 5.46. The molecular weight excluding hydrogens is 230 g/mol. The van der Waals surface area contributed by atoms with Crippen molar-refractivity contribution in [2.24, 2.45) is 5.73 Å². The predicted molar refractivity (Wildman–Crippen MR) is 71.7 cm³/mol. The molecule has 1 rings (SSSR count). The van der Waals surface area contributed by atoms with Crippen molar-refractivity contribution in [1.82, 2.24) is 0 Å². The second-order valence-corrected chi connectivity index (χ2v) is 4.52.